The van der Waals surface area contributed by atoms with Crippen molar-refractivity contribution in [2.24, 2.45) is 0 Å². The van der Waals surface area contributed by atoms with Gasteiger partial charge in [0, 0.05) is 11.6 Å². The first-order valence-corrected chi connectivity index (χ1v) is 3.33. The Labute approximate surface area is 72.2 Å². The van der Waals surface area contributed by atoms with E-state index in [2.05, 4.69) is 0 Å². The summed E-state index contributed by atoms with van der Waals surface area (Å²) in [4.78, 5) is 9.40. The zero-order valence-corrected chi connectivity index (χ0v) is 6.40. The zero-order chi connectivity index (χ0) is 10.0. The fraction of sp³-hybridized carbons (Fsp3) is 0.143. The predicted octanol–water partition coefficient (Wildman–Crippen LogP) is 0.932. The van der Waals surface area contributed by atoms with E-state index in [-0.39, 0.29) is 5.56 Å². The lowest BCUT2D eigenvalue weighted by molar-refractivity contribution is -0.385. The Morgan fingerprint density at radius 2 is 2.15 bits per heavy atom. The molecule has 0 spiro atoms. The van der Waals surface area contributed by atoms with Crippen LogP contribution in [0.15, 0.2) is 12.1 Å². The number of nitrogens with zero attached hydrogens (tertiary/aromatic N) is 1. The monoisotopic (exact) mass is 187 g/mol. The molecule has 0 radical (unpaired) electrons. The second-order valence-electron chi connectivity index (χ2n) is 2.35. The summed E-state index contributed by atoms with van der Waals surface area (Å²) in [7, 11) is 0. The third-order valence-electron chi connectivity index (χ3n) is 1.51. The molecule has 2 N–H and O–H groups in total. The van der Waals surface area contributed by atoms with E-state index in [1.54, 1.807) is 0 Å². The van der Waals surface area contributed by atoms with E-state index in [1.165, 1.54) is 0 Å². The highest BCUT2D eigenvalue weighted by atomic mass is 19.1. The number of aliphatic hydroxyl groups is 1. The SMILES string of the molecule is O=[N+]([O-])c1cc(F)c(O)c(CO)c1. The molecule has 0 aliphatic heterocycles. The van der Waals surface area contributed by atoms with Crippen molar-refractivity contribution in [3.8, 4) is 5.75 Å². The molecule has 1 rings (SSSR count). The highest BCUT2D eigenvalue weighted by Crippen LogP contribution is 2.26. The third kappa shape index (κ3) is 1.73. The summed E-state index contributed by atoms with van der Waals surface area (Å²) in [6.07, 6.45) is 0. The molecule has 1 aromatic rings. The molecule has 0 atom stereocenters. The van der Waals surface area contributed by atoms with Crippen LogP contribution in [-0.4, -0.2) is 15.1 Å². The molecule has 5 nitrogen and oxygen atoms in total. The van der Waals surface area contributed by atoms with Crippen molar-refractivity contribution in [1.82, 2.24) is 0 Å². The molecular weight excluding hydrogens is 181 g/mol. The zero-order valence-electron chi connectivity index (χ0n) is 6.40. The molecule has 0 saturated carbocycles. The van der Waals surface area contributed by atoms with E-state index < -0.39 is 28.8 Å². The first-order valence-electron chi connectivity index (χ1n) is 3.33. The molecule has 6 heteroatoms. The summed E-state index contributed by atoms with van der Waals surface area (Å²) >= 11 is 0. The van der Waals surface area contributed by atoms with Crippen LogP contribution in [0.25, 0.3) is 0 Å². The number of halogens is 1. The van der Waals surface area contributed by atoms with Gasteiger partial charge < -0.3 is 10.2 Å². The maximum Gasteiger partial charge on any atom is 0.273 e. The van der Waals surface area contributed by atoms with Crippen molar-refractivity contribution < 1.29 is 19.5 Å². The van der Waals surface area contributed by atoms with E-state index in [1.807, 2.05) is 0 Å². The molecule has 0 heterocycles. The molecule has 0 fully saturated rings. The third-order valence-corrected chi connectivity index (χ3v) is 1.51. The number of non-ortho nitro benzene ring substituents is 1. The van der Waals surface area contributed by atoms with Crippen molar-refractivity contribution in [2.75, 3.05) is 0 Å². The number of hydrogen-bond acceptors (Lipinski definition) is 4. The van der Waals surface area contributed by atoms with Gasteiger partial charge in [0.15, 0.2) is 11.6 Å². The fourth-order valence-corrected chi connectivity index (χ4v) is 0.866. The van der Waals surface area contributed by atoms with Crippen LogP contribution in [0.5, 0.6) is 5.75 Å². The summed E-state index contributed by atoms with van der Waals surface area (Å²) in [6.45, 7) is -0.648. The molecular formula is C7H6FNO4. The van der Waals surface area contributed by atoms with Gasteiger partial charge >= 0.3 is 0 Å². The van der Waals surface area contributed by atoms with E-state index >= 15 is 0 Å². The number of hydrogen-bond donors (Lipinski definition) is 2. The van der Waals surface area contributed by atoms with Gasteiger partial charge in [-0.15, -0.1) is 0 Å². The quantitative estimate of drug-likeness (QED) is 0.532. The lowest BCUT2D eigenvalue weighted by atomic mass is 10.2. The first-order chi connectivity index (χ1) is 6.06. The van der Waals surface area contributed by atoms with E-state index in [4.69, 9.17) is 10.2 Å². The molecule has 0 bridgehead atoms. The minimum absolute atomic E-state index is 0.202. The van der Waals surface area contributed by atoms with E-state index in [0.29, 0.717) is 6.07 Å². The van der Waals surface area contributed by atoms with Crippen LogP contribution < -0.4 is 0 Å². The molecule has 0 saturated heterocycles. The second-order valence-corrected chi connectivity index (χ2v) is 2.35. The number of rotatable bonds is 2. The average Bonchev–Trinajstić information content (AvgIpc) is 2.09. The van der Waals surface area contributed by atoms with Crippen LogP contribution in [0, 0.1) is 15.9 Å². The summed E-state index contributed by atoms with van der Waals surface area (Å²) in [5, 5.41) is 27.8. The predicted molar refractivity (Wildman–Crippen MR) is 40.6 cm³/mol. The maximum atomic E-state index is 12.7. The highest BCUT2D eigenvalue weighted by molar-refractivity contribution is 5.43. The second kappa shape index (κ2) is 3.36. The highest BCUT2D eigenvalue weighted by Gasteiger charge is 2.15. The lowest BCUT2D eigenvalue weighted by Gasteiger charge is -2.01. The number of benzene rings is 1. The molecule has 13 heavy (non-hydrogen) atoms. The summed E-state index contributed by atoms with van der Waals surface area (Å²) in [6, 6.07) is 1.51. The Morgan fingerprint density at radius 3 is 2.62 bits per heavy atom. The van der Waals surface area contributed by atoms with Crippen molar-refractivity contribution in [3.63, 3.8) is 0 Å². The van der Waals surface area contributed by atoms with Gasteiger partial charge in [0.05, 0.1) is 17.6 Å². The first kappa shape index (κ1) is 9.40. The van der Waals surface area contributed by atoms with Gasteiger partial charge in [0.1, 0.15) is 0 Å². The van der Waals surface area contributed by atoms with Crippen molar-refractivity contribution in [2.45, 2.75) is 6.61 Å². The topological polar surface area (TPSA) is 83.6 Å². The minimum atomic E-state index is -1.11. The Kier molecular flexibility index (Phi) is 2.43. The normalized spacial score (nSPS) is 10.0. The van der Waals surface area contributed by atoms with Crippen LogP contribution in [-0.2, 0) is 6.61 Å². The standard InChI is InChI=1S/C7H6FNO4/c8-6-2-5(9(12)13)1-4(3-10)7(6)11/h1-2,10-11H,3H2. The van der Waals surface area contributed by atoms with Crippen molar-refractivity contribution in [1.29, 1.82) is 0 Å². The summed E-state index contributed by atoms with van der Waals surface area (Å²) in [5.74, 6) is -1.87. The summed E-state index contributed by atoms with van der Waals surface area (Å²) < 4.78 is 12.7. The van der Waals surface area contributed by atoms with Crippen LogP contribution in [0.2, 0.25) is 0 Å². The fourth-order valence-electron chi connectivity index (χ4n) is 0.866. The van der Waals surface area contributed by atoms with Crippen LogP contribution in [0.1, 0.15) is 5.56 Å². The van der Waals surface area contributed by atoms with E-state index in [0.717, 1.165) is 6.07 Å². The van der Waals surface area contributed by atoms with Crippen LogP contribution in [0.4, 0.5) is 10.1 Å². The molecule has 0 unspecified atom stereocenters. The van der Waals surface area contributed by atoms with Gasteiger partial charge in [-0.1, -0.05) is 0 Å². The number of phenols is 1. The van der Waals surface area contributed by atoms with E-state index in [9.17, 15) is 14.5 Å². The Bertz CT molecular complexity index is 353. The maximum absolute atomic E-state index is 12.7. The van der Waals surface area contributed by atoms with Gasteiger partial charge in [0.25, 0.3) is 5.69 Å². The molecule has 0 amide bonds. The van der Waals surface area contributed by atoms with Crippen LogP contribution in [0.3, 0.4) is 0 Å². The van der Waals surface area contributed by atoms with Gasteiger partial charge in [0.2, 0.25) is 0 Å². The van der Waals surface area contributed by atoms with Gasteiger partial charge in [-0.05, 0) is 0 Å². The summed E-state index contributed by atoms with van der Waals surface area (Å²) in [5.41, 5.74) is -0.703. The smallest absolute Gasteiger partial charge is 0.273 e. The van der Waals surface area contributed by atoms with Gasteiger partial charge in [-0.25, -0.2) is 4.39 Å². The molecule has 0 aromatic heterocycles. The number of aromatic hydroxyl groups is 1. The van der Waals surface area contributed by atoms with Crippen LogP contribution >= 0.6 is 0 Å². The lowest BCUT2D eigenvalue weighted by Crippen LogP contribution is -1.94. The van der Waals surface area contributed by atoms with Crippen molar-refractivity contribution in [3.05, 3.63) is 33.6 Å². The number of nitro groups is 1. The Hall–Kier alpha value is -1.69. The largest absolute Gasteiger partial charge is 0.505 e. The molecule has 0 aliphatic rings. The molecule has 1 aromatic carbocycles. The van der Waals surface area contributed by atoms with Gasteiger partial charge in [-0.2, -0.15) is 0 Å². The molecule has 70 valence electrons. The van der Waals surface area contributed by atoms with Crippen molar-refractivity contribution >= 4 is 5.69 Å². The van der Waals surface area contributed by atoms with Gasteiger partial charge in [-0.3, -0.25) is 10.1 Å². The number of nitro benzene ring substituents is 1. The molecule has 0 aliphatic carbocycles. The Morgan fingerprint density at radius 1 is 1.54 bits per heavy atom. The average molecular weight is 187 g/mol. The Balaban J connectivity index is 3.30. The minimum Gasteiger partial charge on any atom is -0.505 e. The number of aliphatic hydroxyl groups excluding tert-OH is 1.